The molecule has 104 valence electrons. The lowest BCUT2D eigenvalue weighted by molar-refractivity contribution is 0.276. The van der Waals surface area contributed by atoms with E-state index in [4.69, 9.17) is 0 Å². The summed E-state index contributed by atoms with van der Waals surface area (Å²) in [4.78, 5) is 4.41. The van der Waals surface area contributed by atoms with Gasteiger partial charge in [-0.25, -0.2) is 4.98 Å². The molecule has 1 heterocycles. The van der Waals surface area contributed by atoms with E-state index in [9.17, 15) is 0 Å². The Balaban J connectivity index is 2.50. The van der Waals surface area contributed by atoms with Crippen molar-refractivity contribution in [1.29, 1.82) is 0 Å². The first-order chi connectivity index (χ1) is 8.31. The van der Waals surface area contributed by atoms with Crippen LogP contribution in [0.3, 0.4) is 0 Å². The number of aromatic nitrogens is 2. The number of rotatable bonds is 6. The first-order valence-corrected chi connectivity index (χ1v) is 6.95. The highest BCUT2D eigenvalue weighted by molar-refractivity contribution is 4.94. The lowest BCUT2D eigenvalue weighted by atomic mass is 9.82. The molecule has 1 aromatic heterocycles. The van der Waals surface area contributed by atoms with Gasteiger partial charge in [0.2, 0.25) is 0 Å². The van der Waals surface area contributed by atoms with Crippen molar-refractivity contribution in [3.8, 4) is 0 Å². The molecule has 18 heavy (non-hydrogen) atoms. The molecule has 3 heteroatoms. The summed E-state index contributed by atoms with van der Waals surface area (Å²) in [6.07, 6.45) is 7.38. The van der Waals surface area contributed by atoms with Crippen molar-refractivity contribution in [2.24, 2.45) is 18.4 Å². The molecule has 0 aliphatic heterocycles. The van der Waals surface area contributed by atoms with Crippen molar-refractivity contribution < 1.29 is 0 Å². The molecule has 1 N–H and O–H groups in total. The smallest absolute Gasteiger partial charge is 0.109 e. The van der Waals surface area contributed by atoms with Gasteiger partial charge in [-0.1, -0.05) is 27.7 Å². The Labute approximate surface area is 112 Å². The summed E-state index contributed by atoms with van der Waals surface area (Å²) in [5.41, 5.74) is 0.418. The van der Waals surface area contributed by atoms with E-state index in [1.165, 1.54) is 12.8 Å². The zero-order valence-corrected chi connectivity index (χ0v) is 12.8. The van der Waals surface area contributed by atoms with Gasteiger partial charge in [0.15, 0.2) is 0 Å². The van der Waals surface area contributed by atoms with Crippen LogP contribution in [0.25, 0.3) is 0 Å². The zero-order chi connectivity index (χ0) is 13.8. The number of imidazole rings is 1. The van der Waals surface area contributed by atoms with Gasteiger partial charge in [0.25, 0.3) is 0 Å². The maximum absolute atomic E-state index is 4.41. The average Bonchev–Trinajstić information content (AvgIpc) is 2.60. The maximum Gasteiger partial charge on any atom is 0.109 e. The van der Waals surface area contributed by atoms with Gasteiger partial charge >= 0.3 is 0 Å². The van der Waals surface area contributed by atoms with E-state index in [1.54, 1.807) is 0 Å². The third-order valence-corrected chi connectivity index (χ3v) is 3.41. The molecule has 0 bridgehead atoms. The van der Waals surface area contributed by atoms with Crippen molar-refractivity contribution in [1.82, 2.24) is 14.9 Å². The van der Waals surface area contributed by atoms with Crippen LogP contribution in [0.15, 0.2) is 12.4 Å². The van der Waals surface area contributed by atoms with E-state index in [2.05, 4.69) is 56.7 Å². The van der Waals surface area contributed by atoms with Crippen LogP contribution in [0.2, 0.25) is 0 Å². The second-order valence-corrected chi connectivity index (χ2v) is 6.75. The second-order valence-electron chi connectivity index (χ2n) is 6.75. The molecule has 2 atom stereocenters. The summed E-state index contributed by atoms with van der Waals surface area (Å²) >= 11 is 0. The van der Waals surface area contributed by atoms with E-state index in [0.29, 0.717) is 11.5 Å². The molecule has 3 nitrogen and oxygen atoms in total. The van der Waals surface area contributed by atoms with Crippen molar-refractivity contribution >= 4 is 0 Å². The Bertz CT molecular complexity index is 349. The highest BCUT2D eigenvalue weighted by atomic mass is 15.0. The van der Waals surface area contributed by atoms with Gasteiger partial charge in [-0.2, -0.15) is 0 Å². The molecular formula is C15H29N3. The van der Waals surface area contributed by atoms with Gasteiger partial charge in [0, 0.05) is 31.9 Å². The van der Waals surface area contributed by atoms with Gasteiger partial charge < -0.3 is 9.88 Å². The van der Waals surface area contributed by atoms with Crippen LogP contribution >= 0.6 is 0 Å². The first kappa shape index (κ1) is 15.2. The molecule has 0 saturated carbocycles. The van der Waals surface area contributed by atoms with Gasteiger partial charge in [-0.3, -0.25) is 0 Å². The standard InChI is InChI=1S/C15H29N3/c1-12(11-15(2,3)4)9-13(16-5)10-14-17-7-8-18(14)6/h7-8,12-13,16H,9-11H2,1-6H3. The Morgan fingerprint density at radius 2 is 2.06 bits per heavy atom. The molecule has 0 aliphatic rings. The van der Waals surface area contributed by atoms with Crippen LogP contribution in [0.4, 0.5) is 0 Å². The van der Waals surface area contributed by atoms with Crippen LogP contribution in [-0.2, 0) is 13.5 Å². The summed E-state index contributed by atoms with van der Waals surface area (Å²) in [6, 6.07) is 0.517. The molecule has 0 spiro atoms. The number of hydrogen-bond acceptors (Lipinski definition) is 2. The van der Waals surface area contributed by atoms with E-state index in [-0.39, 0.29) is 0 Å². The summed E-state index contributed by atoms with van der Waals surface area (Å²) in [5, 5.41) is 3.43. The lowest BCUT2D eigenvalue weighted by Gasteiger charge is -2.26. The topological polar surface area (TPSA) is 29.9 Å². The fourth-order valence-electron chi connectivity index (χ4n) is 2.73. The van der Waals surface area contributed by atoms with Crippen LogP contribution in [0.5, 0.6) is 0 Å². The molecule has 1 aromatic rings. The van der Waals surface area contributed by atoms with Crippen molar-refractivity contribution in [3.05, 3.63) is 18.2 Å². The van der Waals surface area contributed by atoms with E-state index < -0.39 is 0 Å². The second kappa shape index (κ2) is 6.37. The highest BCUT2D eigenvalue weighted by Crippen LogP contribution is 2.27. The maximum atomic E-state index is 4.41. The van der Waals surface area contributed by atoms with Crippen molar-refractivity contribution in [2.45, 2.75) is 53.0 Å². The predicted molar refractivity (Wildman–Crippen MR) is 77.6 cm³/mol. The summed E-state index contributed by atoms with van der Waals surface area (Å²) in [6.45, 7) is 9.30. The Hall–Kier alpha value is -0.830. The zero-order valence-electron chi connectivity index (χ0n) is 12.8. The quantitative estimate of drug-likeness (QED) is 0.842. The fourth-order valence-corrected chi connectivity index (χ4v) is 2.73. The number of nitrogens with zero attached hydrogens (tertiary/aromatic N) is 2. The van der Waals surface area contributed by atoms with E-state index >= 15 is 0 Å². The summed E-state index contributed by atoms with van der Waals surface area (Å²) < 4.78 is 2.11. The van der Waals surface area contributed by atoms with Gasteiger partial charge in [0.1, 0.15) is 5.82 Å². The van der Waals surface area contributed by atoms with E-state index in [1.807, 2.05) is 12.4 Å². The fraction of sp³-hybridized carbons (Fsp3) is 0.800. The Morgan fingerprint density at radius 1 is 1.39 bits per heavy atom. The largest absolute Gasteiger partial charge is 0.338 e. The predicted octanol–water partition coefficient (Wildman–Crippen LogP) is 3.01. The summed E-state index contributed by atoms with van der Waals surface area (Å²) in [7, 11) is 4.12. The van der Waals surface area contributed by atoms with Crippen LogP contribution in [0.1, 0.15) is 46.4 Å². The number of hydrogen-bond donors (Lipinski definition) is 1. The Morgan fingerprint density at radius 3 is 2.50 bits per heavy atom. The molecule has 0 aliphatic carbocycles. The Kier molecular flexibility index (Phi) is 5.39. The normalized spacial score (nSPS) is 15.7. The minimum atomic E-state index is 0.418. The average molecular weight is 251 g/mol. The molecule has 1 rings (SSSR count). The number of aryl methyl sites for hydroxylation is 1. The van der Waals surface area contributed by atoms with Crippen molar-refractivity contribution in [2.75, 3.05) is 7.05 Å². The minimum absolute atomic E-state index is 0.418. The lowest BCUT2D eigenvalue weighted by Crippen LogP contribution is -2.31. The van der Waals surface area contributed by atoms with Crippen LogP contribution in [0, 0.1) is 11.3 Å². The molecule has 0 saturated heterocycles. The molecular weight excluding hydrogens is 222 g/mol. The van der Waals surface area contributed by atoms with Gasteiger partial charge in [-0.05, 0) is 31.2 Å². The molecule has 0 aromatic carbocycles. The minimum Gasteiger partial charge on any atom is -0.338 e. The third-order valence-electron chi connectivity index (χ3n) is 3.41. The molecule has 2 unspecified atom stereocenters. The third kappa shape index (κ3) is 5.21. The van der Waals surface area contributed by atoms with Gasteiger partial charge in [0.05, 0.1) is 0 Å². The van der Waals surface area contributed by atoms with Crippen LogP contribution < -0.4 is 5.32 Å². The van der Waals surface area contributed by atoms with E-state index in [0.717, 1.165) is 18.2 Å². The van der Waals surface area contributed by atoms with Crippen molar-refractivity contribution in [3.63, 3.8) is 0 Å². The number of likely N-dealkylation sites (N-methyl/N-ethyl adjacent to an activating group) is 1. The SMILES string of the molecule is CNC(Cc1nccn1C)CC(C)CC(C)(C)C. The monoisotopic (exact) mass is 251 g/mol. The van der Waals surface area contributed by atoms with Crippen LogP contribution in [-0.4, -0.2) is 22.6 Å². The number of nitrogens with one attached hydrogen (secondary N) is 1. The molecule has 0 amide bonds. The molecule has 0 fully saturated rings. The molecule has 0 radical (unpaired) electrons. The first-order valence-electron chi connectivity index (χ1n) is 6.95. The summed E-state index contributed by atoms with van der Waals surface area (Å²) in [5.74, 6) is 1.90. The van der Waals surface area contributed by atoms with Gasteiger partial charge in [-0.15, -0.1) is 0 Å². The highest BCUT2D eigenvalue weighted by Gasteiger charge is 2.19.